The van der Waals surface area contributed by atoms with E-state index >= 15 is 0 Å². The number of nitrogens with zero attached hydrogens (tertiary/aromatic N) is 5. The fourth-order valence-corrected chi connectivity index (χ4v) is 3.29. The van der Waals surface area contributed by atoms with Gasteiger partial charge in [0.1, 0.15) is 6.33 Å². The molecule has 8 heteroatoms. The Hall–Kier alpha value is -2.32. The van der Waals surface area contributed by atoms with Crippen LogP contribution in [0.1, 0.15) is 30.6 Å². The minimum Gasteiger partial charge on any atom is -0.379 e. The Labute approximate surface area is 153 Å². The number of amides is 1. The summed E-state index contributed by atoms with van der Waals surface area (Å²) in [6, 6.07) is 7.64. The smallest absolute Gasteiger partial charge is 0.253 e. The Morgan fingerprint density at radius 3 is 2.73 bits per heavy atom. The van der Waals surface area contributed by atoms with Crippen molar-refractivity contribution in [1.82, 2.24) is 30.4 Å². The van der Waals surface area contributed by atoms with Gasteiger partial charge in [-0.05, 0) is 34.9 Å². The van der Waals surface area contributed by atoms with Gasteiger partial charge in [-0.3, -0.25) is 9.69 Å². The van der Waals surface area contributed by atoms with Crippen LogP contribution in [0.4, 0.5) is 0 Å². The SMILES string of the molecule is CC(C)CC(CNC(=O)c1ccccc1-n1cnnn1)N1CCOCC1. The summed E-state index contributed by atoms with van der Waals surface area (Å²) < 4.78 is 6.96. The van der Waals surface area contributed by atoms with Crippen molar-refractivity contribution in [2.24, 2.45) is 5.92 Å². The number of aromatic nitrogens is 4. The van der Waals surface area contributed by atoms with Crippen LogP contribution in [-0.4, -0.2) is 69.9 Å². The van der Waals surface area contributed by atoms with Gasteiger partial charge in [-0.2, -0.15) is 4.68 Å². The van der Waals surface area contributed by atoms with Crippen LogP contribution >= 0.6 is 0 Å². The molecule has 2 aromatic rings. The summed E-state index contributed by atoms with van der Waals surface area (Å²) >= 11 is 0. The molecule has 8 nitrogen and oxygen atoms in total. The maximum absolute atomic E-state index is 12.8. The molecule has 1 fully saturated rings. The molecule has 3 rings (SSSR count). The van der Waals surface area contributed by atoms with Gasteiger partial charge in [0.15, 0.2) is 0 Å². The van der Waals surface area contributed by atoms with E-state index in [9.17, 15) is 4.79 Å². The predicted molar refractivity (Wildman–Crippen MR) is 97.1 cm³/mol. The Morgan fingerprint density at radius 1 is 1.27 bits per heavy atom. The lowest BCUT2D eigenvalue weighted by atomic mass is 10.0. The quantitative estimate of drug-likeness (QED) is 0.799. The van der Waals surface area contributed by atoms with Crippen LogP contribution in [-0.2, 0) is 4.74 Å². The second kappa shape index (κ2) is 8.86. The normalized spacial score (nSPS) is 16.6. The van der Waals surface area contributed by atoms with E-state index in [1.54, 1.807) is 6.07 Å². The number of hydrogen-bond donors (Lipinski definition) is 1. The first-order chi connectivity index (χ1) is 12.6. The van der Waals surface area contributed by atoms with Crippen LogP contribution in [0.2, 0.25) is 0 Å². The maximum atomic E-state index is 12.8. The molecule has 0 aliphatic carbocycles. The van der Waals surface area contributed by atoms with Gasteiger partial charge in [-0.1, -0.05) is 26.0 Å². The highest BCUT2D eigenvalue weighted by atomic mass is 16.5. The number of hydrogen-bond acceptors (Lipinski definition) is 6. The largest absolute Gasteiger partial charge is 0.379 e. The van der Waals surface area contributed by atoms with Gasteiger partial charge in [0.25, 0.3) is 5.91 Å². The zero-order valence-electron chi connectivity index (χ0n) is 15.3. The number of ether oxygens (including phenoxy) is 1. The van der Waals surface area contributed by atoms with Crippen molar-refractivity contribution in [2.45, 2.75) is 26.3 Å². The van der Waals surface area contributed by atoms with Crippen LogP contribution in [0.3, 0.4) is 0 Å². The van der Waals surface area contributed by atoms with Crippen molar-refractivity contribution >= 4 is 5.91 Å². The van der Waals surface area contributed by atoms with E-state index in [0.717, 1.165) is 32.7 Å². The number of nitrogens with one attached hydrogen (secondary N) is 1. The lowest BCUT2D eigenvalue weighted by Crippen LogP contribution is -2.49. The standard InChI is InChI=1S/C18H26N6O2/c1-14(2)11-15(23-7-9-26-10-8-23)12-19-18(25)16-5-3-4-6-17(16)24-13-20-21-22-24/h3-6,13-15H,7-12H2,1-2H3,(H,19,25). The van der Waals surface area contributed by atoms with E-state index in [-0.39, 0.29) is 5.91 Å². The molecule has 1 unspecified atom stereocenters. The molecule has 1 aliphatic rings. The van der Waals surface area contributed by atoms with Crippen molar-refractivity contribution in [3.8, 4) is 5.69 Å². The number of tetrazole rings is 1. The molecular weight excluding hydrogens is 332 g/mol. The molecule has 1 aliphatic heterocycles. The van der Waals surface area contributed by atoms with Crippen molar-refractivity contribution < 1.29 is 9.53 Å². The van der Waals surface area contributed by atoms with Gasteiger partial charge >= 0.3 is 0 Å². The molecule has 1 amide bonds. The van der Waals surface area contributed by atoms with Crippen LogP contribution in [0.5, 0.6) is 0 Å². The van der Waals surface area contributed by atoms with Gasteiger partial charge in [-0.25, -0.2) is 0 Å². The summed E-state index contributed by atoms with van der Waals surface area (Å²) in [6.45, 7) is 8.36. The molecule has 2 heterocycles. The van der Waals surface area contributed by atoms with Gasteiger partial charge in [0.05, 0.1) is 24.5 Å². The Kier molecular flexibility index (Phi) is 6.30. The number of carbonyl (C=O) groups excluding carboxylic acids is 1. The molecule has 140 valence electrons. The zero-order valence-corrected chi connectivity index (χ0v) is 15.3. The lowest BCUT2D eigenvalue weighted by molar-refractivity contribution is 0.0124. The molecular formula is C18H26N6O2. The molecule has 0 bridgehead atoms. The average Bonchev–Trinajstić information content (AvgIpc) is 3.20. The van der Waals surface area contributed by atoms with Gasteiger partial charge in [-0.15, -0.1) is 5.10 Å². The summed E-state index contributed by atoms with van der Waals surface area (Å²) in [5.41, 5.74) is 1.23. The van der Waals surface area contributed by atoms with E-state index in [2.05, 4.69) is 39.6 Å². The minimum atomic E-state index is -0.113. The number of para-hydroxylation sites is 1. The van der Waals surface area contributed by atoms with E-state index in [4.69, 9.17) is 4.74 Å². The second-order valence-corrected chi connectivity index (χ2v) is 6.91. The van der Waals surface area contributed by atoms with Crippen LogP contribution < -0.4 is 5.32 Å². The summed E-state index contributed by atoms with van der Waals surface area (Å²) in [6.07, 6.45) is 2.52. The number of benzene rings is 1. The van der Waals surface area contributed by atoms with E-state index in [1.807, 2.05) is 18.2 Å². The summed E-state index contributed by atoms with van der Waals surface area (Å²) in [5, 5.41) is 14.3. The molecule has 26 heavy (non-hydrogen) atoms. The van der Waals surface area contributed by atoms with Crippen molar-refractivity contribution in [3.63, 3.8) is 0 Å². The molecule has 0 saturated carbocycles. The zero-order chi connectivity index (χ0) is 18.4. The highest BCUT2D eigenvalue weighted by Crippen LogP contribution is 2.15. The van der Waals surface area contributed by atoms with Crippen molar-refractivity contribution in [2.75, 3.05) is 32.8 Å². The van der Waals surface area contributed by atoms with Crippen LogP contribution in [0.25, 0.3) is 5.69 Å². The third-order valence-corrected chi connectivity index (χ3v) is 4.55. The van der Waals surface area contributed by atoms with Crippen molar-refractivity contribution in [1.29, 1.82) is 0 Å². The number of rotatable bonds is 7. The lowest BCUT2D eigenvalue weighted by Gasteiger charge is -2.35. The van der Waals surface area contributed by atoms with Gasteiger partial charge < -0.3 is 10.1 Å². The average molecular weight is 358 g/mol. The minimum absolute atomic E-state index is 0.113. The summed E-state index contributed by atoms with van der Waals surface area (Å²) in [5.74, 6) is 0.450. The Bertz CT molecular complexity index is 697. The first-order valence-corrected chi connectivity index (χ1v) is 9.07. The first kappa shape index (κ1) is 18.5. The van der Waals surface area contributed by atoms with Crippen LogP contribution in [0, 0.1) is 5.92 Å². The summed E-state index contributed by atoms with van der Waals surface area (Å²) in [7, 11) is 0. The van der Waals surface area contributed by atoms with Gasteiger partial charge in [0.2, 0.25) is 0 Å². The molecule has 1 aromatic heterocycles. The Balaban J connectivity index is 1.68. The number of morpholine rings is 1. The van der Waals surface area contributed by atoms with E-state index < -0.39 is 0 Å². The third-order valence-electron chi connectivity index (χ3n) is 4.55. The van der Waals surface area contributed by atoms with E-state index in [0.29, 0.717) is 29.8 Å². The van der Waals surface area contributed by atoms with Gasteiger partial charge in [0, 0.05) is 25.7 Å². The molecule has 1 N–H and O–H groups in total. The fourth-order valence-electron chi connectivity index (χ4n) is 3.29. The molecule has 1 atom stereocenters. The van der Waals surface area contributed by atoms with Crippen molar-refractivity contribution in [3.05, 3.63) is 36.2 Å². The molecule has 0 spiro atoms. The molecule has 0 radical (unpaired) electrons. The topological polar surface area (TPSA) is 85.2 Å². The second-order valence-electron chi connectivity index (χ2n) is 6.91. The number of carbonyl (C=O) groups is 1. The monoisotopic (exact) mass is 358 g/mol. The highest BCUT2D eigenvalue weighted by molar-refractivity contribution is 5.97. The molecule has 1 saturated heterocycles. The highest BCUT2D eigenvalue weighted by Gasteiger charge is 2.23. The predicted octanol–water partition coefficient (Wildman–Crippen LogP) is 1.14. The Morgan fingerprint density at radius 2 is 2.04 bits per heavy atom. The summed E-state index contributed by atoms with van der Waals surface area (Å²) in [4.78, 5) is 15.2. The first-order valence-electron chi connectivity index (χ1n) is 9.07. The molecule has 1 aromatic carbocycles. The third kappa shape index (κ3) is 4.64. The maximum Gasteiger partial charge on any atom is 0.253 e. The fraction of sp³-hybridized carbons (Fsp3) is 0.556. The van der Waals surface area contributed by atoms with E-state index in [1.165, 1.54) is 11.0 Å². The van der Waals surface area contributed by atoms with Crippen LogP contribution in [0.15, 0.2) is 30.6 Å².